The van der Waals surface area contributed by atoms with Crippen LogP contribution in [0.25, 0.3) is 5.65 Å². The molecule has 4 rings (SSSR count). The fourth-order valence-corrected chi connectivity index (χ4v) is 4.38. The van der Waals surface area contributed by atoms with Gasteiger partial charge < -0.3 is 9.32 Å². The molecule has 0 radical (unpaired) electrons. The van der Waals surface area contributed by atoms with Crippen LogP contribution in [0, 0.1) is 6.92 Å². The molecule has 0 unspecified atom stereocenters. The zero-order valence-corrected chi connectivity index (χ0v) is 14.3. The highest BCUT2D eigenvalue weighted by molar-refractivity contribution is 7.99. The highest BCUT2D eigenvalue weighted by atomic mass is 32.2. The zero-order chi connectivity index (χ0) is 16.5. The Kier molecular flexibility index (Phi) is 4.06. The summed E-state index contributed by atoms with van der Waals surface area (Å²) < 4.78 is 7.42. The van der Waals surface area contributed by atoms with Gasteiger partial charge in [-0.05, 0) is 37.6 Å². The number of nitrogens with zero attached hydrogens (tertiary/aromatic N) is 3. The normalized spacial score (nSPS) is 18.7. The second-order valence-electron chi connectivity index (χ2n) is 5.93. The molecular weight excluding hydrogens is 322 g/mol. The number of fused-ring (bicyclic) bond motifs is 1. The molecule has 1 aliphatic rings. The lowest BCUT2D eigenvalue weighted by Crippen LogP contribution is -2.34. The Morgan fingerprint density at radius 3 is 3.04 bits per heavy atom. The van der Waals surface area contributed by atoms with Crippen molar-refractivity contribution in [3.8, 4) is 0 Å². The Morgan fingerprint density at radius 2 is 2.21 bits per heavy atom. The van der Waals surface area contributed by atoms with Gasteiger partial charge in [0.05, 0.1) is 17.2 Å². The molecule has 3 aromatic heterocycles. The number of rotatable bonds is 2. The minimum Gasteiger partial charge on any atom is -0.468 e. The number of aryl methyl sites for hydroxylation is 1. The van der Waals surface area contributed by atoms with Crippen molar-refractivity contribution in [3.63, 3.8) is 0 Å². The maximum absolute atomic E-state index is 13.1. The molecule has 1 amide bonds. The first-order valence-electron chi connectivity index (χ1n) is 8.12. The van der Waals surface area contributed by atoms with Crippen LogP contribution < -0.4 is 0 Å². The average Bonchev–Trinajstić information content (AvgIpc) is 3.15. The molecule has 1 aliphatic heterocycles. The minimum absolute atomic E-state index is 0.0619. The van der Waals surface area contributed by atoms with Crippen LogP contribution >= 0.6 is 11.8 Å². The summed E-state index contributed by atoms with van der Waals surface area (Å²) in [4.78, 5) is 19.5. The van der Waals surface area contributed by atoms with Crippen LogP contribution in [0.1, 0.15) is 33.6 Å². The third-order valence-corrected chi connectivity index (χ3v) is 5.68. The Labute approximate surface area is 144 Å². The predicted molar refractivity (Wildman–Crippen MR) is 94.4 cm³/mol. The second kappa shape index (κ2) is 6.36. The number of pyridine rings is 1. The topological polar surface area (TPSA) is 50.8 Å². The average molecular weight is 341 g/mol. The van der Waals surface area contributed by atoms with E-state index in [1.165, 1.54) is 0 Å². The van der Waals surface area contributed by atoms with E-state index in [0.29, 0.717) is 10.9 Å². The number of hydrogen-bond acceptors (Lipinski definition) is 4. The van der Waals surface area contributed by atoms with Crippen LogP contribution in [0.3, 0.4) is 0 Å². The van der Waals surface area contributed by atoms with Crippen molar-refractivity contribution in [1.29, 1.82) is 0 Å². The van der Waals surface area contributed by atoms with E-state index in [1.54, 1.807) is 6.26 Å². The number of thioether (sulfide) groups is 1. The molecule has 6 heteroatoms. The van der Waals surface area contributed by atoms with E-state index in [0.717, 1.165) is 42.4 Å². The second-order valence-corrected chi connectivity index (χ2v) is 7.24. The van der Waals surface area contributed by atoms with Crippen molar-refractivity contribution >= 4 is 23.3 Å². The number of aromatic nitrogens is 2. The van der Waals surface area contributed by atoms with Crippen LogP contribution in [0.5, 0.6) is 0 Å². The predicted octanol–water partition coefficient (Wildman–Crippen LogP) is 3.56. The number of carbonyl (C=O) groups excluding carboxylic acids is 1. The van der Waals surface area contributed by atoms with Crippen molar-refractivity contribution < 1.29 is 9.21 Å². The summed E-state index contributed by atoms with van der Waals surface area (Å²) in [5, 5.41) is 0.320. The van der Waals surface area contributed by atoms with E-state index >= 15 is 0 Å². The van der Waals surface area contributed by atoms with Gasteiger partial charge in [-0.1, -0.05) is 6.07 Å². The summed E-state index contributed by atoms with van der Waals surface area (Å²) in [6.07, 6.45) is 4.52. The first-order chi connectivity index (χ1) is 11.7. The van der Waals surface area contributed by atoms with Gasteiger partial charge in [-0.3, -0.25) is 9.20 Å². The first-order valence-corrected chi connectivity index (χ1v) is 9.17. The first kappa shape index (κ1) is 15.3. The van der Waals surface area contributed by atoms with Crippen LogP contribution in [0.2, 0.25) is 0 Å². The molecule has 3 aromatic rings. The fraction of sp³-hybridized carbons (Fsp3) is 0.333. The smallest absolute Gasteiger partial charge is 0.272 e. The summed E-state index contributed by atoms with van der Waals surface area (Å²) in [5.74, 6) is 1.97. The van der Waals surface area contributed by atoms with Gasteiger partial charge in [-0.25, -0.2) is 4.98 Å². The van der Waals surface area contributed by atoms with Gasteiger partial charge in [0.1, 0.15) is 17.1 Å². The van der Waals surface area contributed by atoms with Crippen LogP contribution in [0.15, 0.2) is 47.2 Å². The van der Waals surface area contributed by atoms with Crippen molar-refractivity contribution in [2.75, 3.05) is 18.8 Å². The molecule has 124 valence electrons. The molecule has 24 heavy (non-hydrogen) atoms. The monoisotopic (exact) mass is 341 g/mol. The van der Waals surface area contributed by atoms with Crippen molar-refractivity contribution in [2.45, 2.75) is 18.6 Å². The molecule has 4 heterocycles. The van der Waals surface area contributed by atoms with Gasteiger partial charge >= 0.3 is 0 Å². The van der Waals surface area contributed by atoms with Crippen LogP contribution in [-0.2, 0) is 0 Å². The molecule has 1 atom stereocenters. The van der Waals surface area contributed by atoms with Gasteiger partial charge in [0, 0.05) is 25.0 Å². The molecule has 0 aromatic carbocycles. The molecule has 1 saturated heterocycles. The molecule has 0 spiro atoms. The lowest BCUT2D eigenvalue weighted by atomic mass is 10.2. The van der Waals surface area contributed by atoms with E-state index in [9.17, 15) is 4.79 Å². The van der Waals surface area contributed by atoms with Crippen LogP contribution in [-0.4, -0.2) is 39.0 Å². The molecule has 0 saturated carbocycles. The molecule has 0 aliphatic carbocycles. The molecule has 1 fully saturated rings. The molecule has 5 nitrogen and oxygen atoms in total. The van der Waals surface area contributed by atoms with Gasteiger partial charge in [0.15, 0.2) is 0 Å². The number of amides is 1. The summed E-state index contributed by atoms with van der Waals surface area (Å²) in [7, 11) is 0. The summed E-state index contributed by atoms with van der Waals surface area (Å²) >= 11 is 1.86. The Balaban J connectivity index is 1.57. The summed E-state index contributed by atoms with van der Waals surface area (Å²) in [5.41, 5.74) is 2.27. The lowest BCUT2D eigenvalue weighted by Gasteiger charge is -2.20. The van der Waals surface area contributed by atoms with E-state index in [1.807, 2.05) is 64.5 Å². The van der Waals surface area contributed by atoms with Crippen molar-refractivity contribution in [3.05, 3.63) is 59.9 Å². The molecule has 0 bridgehead atoms. The highest BCUT2D eigenvalue weighted by Crippen LogP contribution is 2.34. The number of furan rings is 1. The number of imidazole rings is 1. The Bertz CT molecular complexity index is 856. The van der Waals surface area contributed by atoms with E-state index in [2.05, 4.69) is 4.98 Å². The lowest BCUT2D eigenvalue weighted by molar-refractivity contribution is 0.0758. The number of carbonyl (C=O) groups is 1. The highest BCUT2D eigenvalue weighted by Gasteiger charge is 2.27. The van der Waals surface area contributed by atoms with E-state index < -0.39 is 0 Å². The van der Waals surface area contributed by atoms with Gasteiger partial charge in [0.25, 0.3) is 5.91 Å². The van der Waals surface area contributed by atoms with Gasteiger partial charge in [-0.15, -0.1) is 11.8 Å². The van der Waals surface area contributed by atoms with Gasteiger partial charge in [-0.2, -0.15) is 0 Å². The standard InChI is InChI=1S/C18H19N3O2S/c1-13-17(21-8-3-2-6-16(21)19-13)18(22)20-9-7-15(24-12-10-20)14-5-4-11-23-14/h2-6,8,11,15H,7,9-10,12H2,1H3/t15-/m1/s1. The van der Waals surface area contributed by atoms with Crippen molar-refractivity contribution in [1.82, 2.24) is 14.3 Å². The molecule has 0 N–H and O–H groups in total. The van der Waals surface area contributed by atoms with Gasteiger partial charge in [0.2, 0.25) is 0 Å². The number of hydrogen-bond donors (Lipinski definition) is 0. The third-order valence-electron chi connectivity index (χ3n) is 4.40. The Morgan fingerprint density at radius 1 is 1.29 bits per heavy atom. The molecular formula is C18H19N3O2S. The van der Waals surface area contributed by atoms with Crippen LogP contribution in [0.4, 0.5) is 0 Å². The summed E-state index contributed by atoms with van der Waals surface area (Å²) in [6.45, 7) is 3.38. The third kappa shape index (κ3) is 2.71. The zero-order valence-electron chi connectivity index (χ0n) is 13.5. The quantitative estimate of drug-likeness (QED) is 0.715. The van der Waals surface area contributed by atoms with E-state index in [4.69, 9.17) is 4.42 Å². The minimum atomic E-state index is 0.0619. The SMILES string of the molecule is Cc1nc2ccccn2c1C(=O)N1CCS[C@@H](c2ccco2)CC1. The Hall–Kier alpha value is -2.21. The van der Waals surface area contributed by atoms with E-state index in [-0.39, 0.29) is 5.91 Å². The fourth-order valence-electron chi connectivity index (χ4n) is 3.20. The summed E-state index contributed by atoms with van der Waals surface area (Å²) in [6, 6.07) is 9.73. The maximum Gasteiger partial charge on any atom is 0.272 e. The largest absolute Gasteiger partial charge is 0.468 e. The van der Waals surface area contributed by atoms with Crippen molar-refractivity contribution in [2.24, 2.45) is 0 Å². The maximum atomic E-state index is 13.1.